The van der Waals surface area contributed by atoms with Crippen LogP contribution in [0.4, 0.5) is 11.5 Å². The van der Waals surface area contributed by atoms with Crippen LogP contribution in [0.1, 0.15) is 29.8 Å². The molecular formula is C20H24ClN5O. The summed E-state index contributed by atoms with van der Waals surface area (Å²) in [5.74, 6) is 0.829. The lowest BCUT2D eigenvalue weighted by molar-refractivity contribution is 0.0717. The van der Waals surface area contributed by atoms with E-state index in [9.17, 15) is 4.79 Å². The molecule has 1 amide bonds. The Kier molecular flexibility index (Phi) is 5.43. The number of carbonyl (C=O) groups excluding carboxylic acids is 1. The van der Waals surface area contributed by atoms with Crippen molar-refractivity contribution < 1.29 is 4.79 Å². The van der Waals surface area contributed by atoms with E-state index >= 15 is 0 Å². The average molecular weight is 386 g/mol. The molecule has 0 bridgehead atoms. The highest BCUT2D eigenvalue weighted by Crippen LogP contribution is 2.22. The van der Waals surface area contributed by atoms with E-state index in [1.165, 1.54) is 6.42 Å². The molecule has 6 nitrogen and oxygen atoms in total. The van der Waals surface area contributed by atoms with Crippen molar-refractivity contribution in [1.82, 2.24) is 15.1 Å². The summed E-state index contributed by atoms with van der Waals surface area (Å²) in [7, 11) is 0. The SMILES string of the molecule is O=C(c1ccc(N2CCN(c3cccc(Cl)c3)CC2)nn1)N1CCCCC1. The fraction of sp³-hybridized carbons (Fsp3) is 0.450. The Labute approximate surface area is 164 Å². The number of rotatable bonds is 3. The number of aromatic nitrogens is 2. The molecule has 2 aliphatic heterocycles. The molecular weight excluding hydrogens is 362 g/mol. The van der Waals surface area contributed by atoms with Crippen molar-refractivity contribution in [3.8, 4) is 0 Å². The Balaban J connectivity index is 1.36. The predicted octanol–water partition coefficient (Wildman–Crippen LogP) is 3.08. The van der Waals surface area contributed by atoms with E-state index in [2.05, 4.69) is 26.1 Å². The Morgan fingerprint density at radius 3 is 2.26 bits per heavy atom. The number of anilines is 2. The van der Waals surface area contributed by atoms with E-state index in [1.807, 2.05) is 35.2 Å². The lowest BCUT2D eigenvalue weighted by Crippen LogP contribution is -2.47. The molecule has 0 unspecified atom stereocenters. The minimum atomic E-state index is -0.000439. The van der Waals surface area contributed by atoms with Gasteiger partial charge in [-0.2, -0.15) is 0 Å². The fourth-order valence-electron chi connectivity index (χ4n) is 3.73. The zero-order chi connectivity index (χ0) is 18.6. The van der Waals surface area contributed by atoms with Crippen molar-refractivity contribution in [2.24, 2.45) is 0 Å². The van der Waals surface area contributed by atoms with Crippen LogP contribution < -0.4 is 9.80 Å². The molecule has 0 atom stereocenters. The third-order valence-corrected chi connectivity index (χ3v) is 5.52. The Morgan fingerprint density at radius 2 is 1.59 bits per heavy atom. The number of halogens is 1. The van der Waals surface area contributed by atoms with Crippen LogP contribution in [0.15, 0.2) is 36.4 Å². The van der Waals surface area contributed by atoms with Crippen molar-refractivity contribution in [2.45, 2.75) is 19.3 Å². The summed E-state index contributed by atoms with van der Waals surface area (Å²) in [6.07, 6.45) is 3.36. The summed E-state index contributed by atoms with van der Waals surface area (Å²) in [5, 5.41) is 9.28. The van der Waals surface area contributed by atoms with Gasteiger partial charge >= 0.3 is 0 Å². The monoisotopic (exact) mass is 385 g/mol. The number of likely N-dealkylation sites (tertiary alicyclic amines) is 1. The van der Waals surface area contributed by atoms with Crippen LogP contribution in [-0.4, -0.2) is 60.3 Å². The normalized spacial score (nSPS) is 17.9. The lowest BCUT2D eigenvalue weighted by Gasteiger charge is -2.36. The predicted molar refractivity (Wildman–Crippen MR) is 108 cm³/mol. The number of carbonyl (C=O) groups is 1. The highest BCUT2D eigenvalue weighted by Gasteiger charge is 2.22. The van der Waals surface area contributed by atoms with Gasteiger partial charge in [0.15, 0.2) is 11.5 Å². The highest BCUT2D eigenvalue weighted by molar-refractivity contribution is 6.30. The van der Waals surface area contributed by atoms with Crippen molar-refractivity contribution in [2.75, 3.05) is 49.1 Å². The van der Waals surface area contributed by atoms with E-state index in [4.69, 9.17) is 11.6 Å². The summed E-state index contributed by atoms with van der Waals surface area (Å²) >= 11 is 6.10. The summed E-state index contributed by atoms with van der Waals surface area (Å²) in [6.45, 7) is 5.18. The van der Waals surface area contributed by atoms with Crippen molar-refractivity contribution in [3.63, 3.8) is 0 Å². The van der Waals surface area contributed by atoms with Gasteiger partial charge in [-0.05, 0) is 49.6 Å². The number of hydrogen-bond donors (Lipinski definition) is 0. The fourth-order valence-corrected chi connectivity index (χ4v) is 3.92. The van der Waals surface area contributed by atoms with Gasteiger partial charge in [0.1, 0.15) is 0 Å². The Morgan fingerprint density at radius 1 is 0.852 bits per heavy atom. The van der Waals surface area contributed by atoms with E-state index in [-0.39, 0.29) is 5.91 Å². The van der Waals surface area contributed by atoms with Gasteiger partial charge in [0, 0.05) is 50.0 Å². The van der Waals surface area contributed by atoms with Crippen molar-refractivity contribution >= 4 is 29.0 Å². The van der Waals surface area contributed by atoms with E-state index in [0.29, 0.717) is 5.69 Å². The maximum absolute atomic E-state index is 12.5. The van der Waals surface area contributed by atoms with Crippen LogP contribution in [-0.2, 0) is 0 Å². The molecule has 0 radical (unpaired) electrons. The third kappa shape index (κ3) is 4.16. The zero-order valence-corrected chi connectivity index (χ0v) is 16.1. The molecule has 27 heavy (non-hydrogen) atoms. The molecule has 0 aliphatic carbocycles. The van der Waals surface area contributed by atoms with E-state index in [0.717, 1.165) is 68.6 Å². The zero-order valence-electron chi connectivity index (χ0n) is 15.4. The molecule has 142 valence electrons. The van der Waals surface area contributed by atoms with Crippen molar-refractivity contribution in [1.29, 1.82) is 0 Å². The summed E-state index contributed by atoms with van der Waals surface area (Å²) in [6, 6.07) is 11.7. The number of hydrogen-bond acceptors (Lipinski definition) is 5. The van der Waals surface area contributed by atoms with Gasteiger partial charge in [-0.3, -0.25) is 4.79 Å². The first-order chi connectivity index (χ1) is 13.2. The number of piperazine rings is 1. The second-order valence-corrected chi connectivity index (χ2v) is 7.52. The van der Waals surface area contributed by atoms with Gasteiger partial charge in [-0.1, -0.05) is 17.7 Å². The number of amides is 1. The Hall–Kier alpha value is -2.34. The molecule has 1 aromatic heterocycles. The maximum Gasteiger partial charge on any atom is 0.274 e. The minimum absolute atomic E-state index is 0.000439. The molecule has 4 rings (SSSR count). The second kappa shape index (κ2) is 8.13. The quantitative estimate of drug-likeness (QED) is 0.812. The van der Waals surface area contributed by atoms with Crippen LogP contribution in [0.2, 0.25) is 5.02 Å². The molecule has 7 heteroatoms. The molecule has 3 heterocycles. The van der Waals surface area contributed by atoms with Gasteiger partial charge in [0.25, 0.3) is 5.91 Å². The Bertz CT molecular complexity index is 783. The second-order valence-electron chi connectivity index (χ2n) is 7.08. The summed E-state index contributed by atoms with van der Waals surface area (Å²) in [4.78, 5) is 18.9. The molecule has 2 aromatic rings. The molecule has 2 saturated heterocycles. The van der Waals surface area contributed by atoms with Crippen LogP contribution in [0.25, 0.3) is 0 Å². The molecule has 0 saturated carbocycles. The molecule has 0 N–H and O–H groups in total. The average Bonchev–Trinajstić information content (AvgIpc) is 2.74. The number of nitrogens with zero attached hydrogens (tertiary/aromatic N) is 5. The van der Waals surface area contributed by atoms with Gasteiger partial charge in [-0.15, -0.1) is 10.2 Å². The first-order valence-corrected chi connectivity index (χ1v) is 9.97. The van der Waals surface area contributed by atoms with Crippen LogP contribution in [0.5, 0.6) is 0 Å². The largest absolute Gasteiger partial charge is 0.368 e. The highest BCUT2D eigenvalue weighted by atomic mass is 35.5. The van der Waals surface area contributed by atoms with Crippen molar-refractivity contribution in [3.05, 3.63) is 47.1 Å². The molecule has 0 spiro atoms. The van der Waals surface area contributed by atoms with Crippen LogP contribution in [0.3, 0.4) is 0 Å². The smallest absolute Gasteiger partial charge is 0.274 e. The number of benzene rings is 1. The molecule has 2 fully saturated rings. The lowest BCUT2D eigenvalue weighted by atomic mass is 10.1. The minimum Gasteiger partial charge on any atom is -0.368 e. The number of piperidine rings is 1. The first-order valence-electron chi connectivity index (χ1n) is 9.59. The third-order valence-electron chi connectivity index (χ3n) is 5.29. The van der Waals surface area contributed by atoms with E-state index in [1.54, 1.807) is 0 Å². The van der Waals surface area contributed by atoms with Gasteiger partial charge in [0.2, 0.25) is 0 Å². The maximum atomic E-state index is 12.5. The van der Waals surface area contributed by atoms with Gasteiger partial charge < -0.3 is 14.7 Å². The topological polar surface area (TPSA) is 52.6 Å². The van der Waals surface area contributed by atoms with Gasteiger partial charge in [-0.25, -0.2) is 0 Å². The van der Waals surface area contributed by atoms with Crippen LogP contribution >= 0.6 is 11.6 Å². The summed E-state index contributed by atoms with van der Waals surface area (Å²) in [5.41, 5.74) is 1.59. The molecule has 1 aromatic carbocycles. The standard InChI is InChI=1S/C20H24ClN5O/c21-16-5-4-6-17(15-16)24-11-13-25(14-12-24)19-8-7-18(22-23-19)20(27)26-9-2-1-3-10-26/h4-8,15H,1-3,9-14H2. The molecule has 2 aliphatic rings. The first kappa shape index (κ1) is 18.0. The van der Waals surface area contributed by atoms with E-state index < -0.39 is 0 Å². The summed E-state index contributed by atoms with van der Waals surface area (Å²) < 4.78 is 0. The van der Waals surface area contributed by atoms with Crippen LogP contribution in [0, 0.1) is 0 Å². The van der Waals surface area contributed by atoms with Gasteiger partial charge in [0.05, 0.1) is 0 Å².